The average molecular weight is 392 g/mol. The van der Waals surface area contributed by atoms with Crippen molar-refractivity contribution in [1.82, 2.24) is 9.21 Å². The van der Waals surface area contributed by atoms with Crippen molar-refractivity contribution in [2.75, 3.05) is 39.0 Å². The molecule has 0 radical (unpaired) electrons. The highest BCUT2D eigenvalue weighted by atomic mass is 32.2. The Balaban J connectivity index is 1.68. The third-order valence-electron chi connectivity index (χ3n) is 5.66. The van der Waals surface area contributed by atoms with Crippen molar-refractivity contribution in [3.05, 3.63) is 35.4 Å². The molecule has 0 aliphatic carbocycles. The molecule has 5 nitrogen and oxygen atoms in total. The third kappa shape index (κ3) is 3.90. The van der Waals surface area contributed by atoms with Crippen LogP contribution in [0.25, 0.3) is 0 Å². The number of piperidine rings is 1. The fraction of sp³-hybridized carbons (Fsp3) is 0.647. The zero-order valence-electron chi connectivity index (χ0n) is 14.5. The molecule has 2 saturated heterocycles. The highest BCUT2D eigenvalue weighted by molar-refractivity contribution is 7.88. The van der Waals surface area contributed by atoms with Crippen molar-refractivity contribution in [3.63, 3.8) is 0 Å². The van der Waals surface area contributed by atoms with Crippen molar-refractivity contribution in [2.24, 2.45) is 11.3 Å². The largest absolute Gasteiger partial charge is 0.416 e. The molecule has 2 aliphatic rings. The number of nitrogens with zero attached hydrogens (tertiary/aromatic N) is 2. The van der Waals surface area contributed by atoms with Crippen molar-refractivity contribution in [3.8, 4) is 0 Å². The van der Waals surface area contributed by atoms with Gasteiger partial charge in [-0.3, -0.25) is 4.90 Å². The molecule has 3 rings (SSSR count). The SMILES string of the molecule is CS(=O)(=O)N1C[C@H]2CN(Cc3ccc(C(F)(F)F)cc3)CC[C@@]2(CO)C1. The zero-order chi connectivity index (χ0) is 19.2. The molecule has 1 aromatic carbocycles. The zero-order valence-corrected chi connectivity index (χ0v) is 15.4. The summed E-state index contributed by atoms with van der Waals surface area (Å²) in [6.07, 6.45) is -2.50. The Morgan fingerprint density at radius 2 is 1.88 bits per heavy atom. The molecule has 2 aliphatic heterocycles. The second kappa shape index (κ2) is 6.78. The lowest BCUT2D eigenvalue weighted by atomic mass is 9.73. The minimum atomic E-state index is -4.34. The molecule has 2 atom stereocenters. The number of hydrogen-bond donors (Lipinski definition) is 1. The number of halogens is 3. The van der Waals surface area contributed by atoms with E-state index in [1.54, 1.807) is 0 Å². The molecular formula is C17H23F3N2O3S. The van der Waals surface area contributed by atoms with Gasteiger partial charge in [-0.05, 0) is 36.6 Å². The van der Waals surface area contributed by atoms with E-state index in [4.69, 9.17) is 0 Å². The van der Waals surface area contributed by atoms with Crippen LogP contribution in [-0.4, -0.2) is 61.8 Å². The lowest BCUT2D eigenvalue weighted by molar-refractivity contribution is -0.137. The monoisotopic (exact) mass is 392 g/mol. The molecule has 0 saturated carbocycles. The molecule has 0 amide bonds. The first kappa shape index (κ1) is 19.6. The highest BCUT2D eigenvalue weighted by Gasteiger charge is 2.51. The van der Waals surface area contributed by atoms with E-state index in [0.717, 1.165) is 17.7 Å². The molecule has 26 heavy (non-hydrogen) atoms. The predicted octanol–water partition coefficient (Wildman–Crippen LogP) is 1.78. The number of aliphatic hydroxyl groups is 1. The van der Waals surface area contributed by atoms with Crippen molar-refractivity contribution in [1.29, 1.82) is 0 Å². The lowest BCUT2D eigenvalue weighted by Gasteiger charge is -2.42. The fourth-order valence-corrected chi connectivity index (χ4v) is 4.96. The van der Waals surface area contributed by atoms with Crippen molar-refractivity contribution < 1.29 is 26.7 Å². The van der Waals surface area contributed by atoms with Gasteiger partial charge in [0.1, 0.15) is 0 Å². The smallest absolute Gasteiger partial charge is 0.396 e. The van der Waals surface area contributed by atoms with Gasteiger partial charge >= 0.3 is 6.18 Å². The minimum absolute atomic E-state index is 0.0189. The van der Waals surface area contributed by atoms with E-state index >= 15 is 0 Å². The quantitative estimate of drug-likeness (QED) is 0.849. The Labute approximate surface area is 151 Å². The predicted molar refractivity (Wildman–Crippen MR) is 90.8 cm³/mol. The summed E-state index contributed by atoms with van der Waals surface area (Å²) in [6, 6.07) is 5.12. The Hall–Kier alpha value is -1.16. The van der Waals surface area contributed by atoms with E-state index in [1.165, 1.54) is 22.7 Å². The van der Waals surface area contributed by atoms with Crippen LogP contribution in [0.5, 0.6) is 0 Å². The molecule has 0 bridgehead atoms. The summed E-state index contributed by atoms with van der Waals surface area (Å²) in [4.78, 5) is 2.12. The Kier molecular flexibility index (Phi) is 5.11. The van der Waals surface area contributed by atoms with Crippen LogP contribution < -0.4 is 0 Å². The van der Waals surface area contributed by atoms with Crippen LogP contribution >= 0.6 is 0 Å². The van der Waals surface area contributed by atoms with Crippen LogP contribution in [0.1, 0.15) is 17.5 Å². The van der Waals surface area contributed by atoms with Crippen molar-refractivity contribution in [2.45, 2.75) is 19.1 Å². The number of likely N-dealkylation sites (tertiary alicyclic amines) is 1. The van der Waals surface area contributed by atoms with E-state index in [2.05, 4.69) is 4.90 Å². The highest BCUT2D eigenvalue weighted by Crippen LogP contribution is 2.43. The van der Waals surface area contributed by atoms with Crippen LogP contribution in [0.15, 0.2) is 24.3 Å². The minimum Gasteiger partial charge on any atom is -0.396 e. The molecule has 2 heterocycles. The average Bonchev–Trinajstić information content (AvgIpc) is 2.94. The maximum atomic E-state index is 12.7. The molecule has 0 spiro atoms. The Morgan fingerprint density at radius 3 is 2.42 bits per heavy atom. The van der Waals surface area contributed by atoms with E-state index < -0.39 is 27.2 Å². The maximum Gasteiger partial charge on any atom is 0.416 e. The van der Waals surface area contributed by atoms with E-state index in [0.29, 0.717) is 39.1 Å². The van der Waals surface area contributed by atoms with Crippen LogP contribution in [0.2, 0.25) is 0 Å². The first-order chi connectivity index (χ1) is 12.0. The van der Waals surface area contributed by atoms with Gasteiger partial charge in [-0.1, -0.05) is 12.1 Å². The summed E-state index contributed by atoms with van der Waals surface area (Å²) in [7, 11) is -3.31. The van der Waals surface area contributed by atoms with E-state index in [9.17, 15) is 26.7 Å². The third-order valence-corrected chi connectivity index (χ3v) is 6.87. The first-order valence-corrected chi connectivity index (χ1v) is 10.3. The number of fused-ring (bicyclic) bond motifs is 1. The molecule has 0 aromatic heterocycles. The normalized spacial score (nSPS) is 28.3. The summed E-state index contributed by atoms with van der Waals surface area (Å²) >= 11 is 0. The van der Waals surface area contributed by atoms with Gasteiger partial charge in [0, 0.05) is 31.6 Å². The molecule has 9 heteroatoms. The van der Waals surface area contributed by atoms with Crippen molar-refractivity contribution >= 4 is 10.0 Å². The van der Waals surface area contributed by atoms with E-state index in [-0.39, 0.29) is 12.5 Å². The lowest BCUT2D eigenvalue weighted by Crippen LogP contribution is -2.48. The summed E-state index contributed by atoms with van der Waals surface area (Å²) < 4.78 is 63.1. The Bertz CT molecular complexity index is 752. The topological polar surface area (TPSA) is 60.9 Å². The van der Waals surface area contributed by atoms with Gasteiger partial charge in [0.25, 0.3) is 0 Å². The molecule has 0 unspecified atom stereocenters. The standard InChI is InChI=1S/C17H23F3N2O3S/c1-26(24,25)22-10-15-9-21(7-6-16(15,11-22)12-23)8-13-2-4-14(5-3-13)17(18,19)20/h2-5,15,23H,6-12H2,1H3/t15-,16+/m1/s1. The van der Waals surface area contributed by atoms with Gasteiger partial charge in [0.15, 0.2) is 0 Å². The van der Waals surface area contributed by atoms with Gasteiger partial charge < -0.3 is 5.11 Å². The van der Waals surface area contributed by atoms with Gasteiger partial charge in [-0.2, -0.15) is 13.2 Å². The number of aliphatic hydroxyl groups excluding tert-OH is 1. The maximum absolute atomic E-state index is 12.7. The summed E-state index contributed by atoms with van der Waals surface area (Å²) in [5.41, 5.74) is -0.300. The van der Waals surface area contributed by atoms with E-state index in [1.807, 2.05) is 0 Å². The molecular weight excluding hydrogens is 369 g/mol. The molecule has 146 valence electrons. The van der Waals surface area contributed by atoms with Gasteiger partial charge in [-0.25, -0.2) is 12.7 Å². The molecule has 1 aromatic rings. The number of alkyl halides is 3. The number of hydrogen-bond acceptors (Lipinski definition) is 4. The molecule has 1 N–H and O–H groups in total. The van der Waals surface area contributed by atoms with Crippen LogP contribution in [0, 0.1) is 11.3 Å². The van der Waals surface area contributed by atoms with Gasteiger partial charge in [-0.15, -0.1) is 0 Å². The fourth-order valence-electron chi connectivity index (χ4n) is 4.01. The number of benzene rings is 1. The second-order valence-corrected chi connectivity index (χ2v) is 9.44. The summed E-state index contributed by atoms with van der Waals surface area (Å²) in [5.74, 6) is 0.0189. The summed E-state index contributed by atoms with van der Waals surface area (Å²) in [5, 5.41) is 9.87. The number of rotatable bonds is 4. The van der Waals surface area contributed by atoms with Crippen LogP contribution in [-0.2, 0) is 22.7 Å². The second-order valence-electron chi connectivity index (χ2n) is 7.45. The first-order valence-electron chi connectivity index (χ1n) is 8.48. The molecule has 2 fully saturated rings. The van der Waals surface area contributed by atoms with Gasteiger partial charge in [0.05, 0.1) is 18.4 Å². The summed E-state index contributed by atoms with van der Waals surface area (Å²) in [6.45, 7) is 2.46. The van der Waals surface area contributed by atoms with Crippen LogP contribution in [0.4, 0.5) is 13.2 Å². The Morgan fingerprint density at radius 1 is 1.23 bits per heavy atom. The van der Waals surface area contributed by atoms with Crippen LogP contribution in [0.3, 0.4) is 0 Å². The van der Waals surface area contributed by atoms with Gasteiger partial charge in [0.2, 0.25) is 10.0 Å². The number of sulfonamides is 1.